The Morgan fingerprint density at radius 2 is 1.97 bits per heavy atom. The van der Waals surface area contributed by atoms with Crippen LogP contribution >= 0.6 is 22.9 Å². The predicted molar refractivity (Wildman–Crippen MR) is 130 cm³/mol. The fraction of sp³-hybridized carbons (Fsp3) is 0.292. The summed E-state index contributed by atoms with van der Waals surface area (Å²) in [5.74, 6) is 0.00680. The Kier molecular flexibility index (Phi) is 5.85. The Labute approximate surface area is 195 Å². The summed E-state index contributed by atoms with van der Waals surface area (Å²) < 4.78 is 3.00. The average molecular weight is 466 g/mol. The molecule has 32 heavy (non-hydrogen) atoms. The van der Waals surface area contributed by atoms with Gasteiger partial charge in [-0.3, -0.25) is 4.79 Å². The van der Waals surface area contributed by atoms with E-state index in [1.165, 1.54) is 0 Å². The Bertz CT molecular complexity index is 1250. The van der Waals surface area contributed by atoms with Gasteiger partial charge in [-0.15, -0.1) is 0 Å². The zero-order chi connectivity index (χ0) is 22.1. The highest BCUT2D eigenvalue weighted by Gasteiger charge is 2.28. The molecule has 2 aromatic carbocycles. The van der Waals surface area contributed by atoms with Crippen molar-refractivity contribution in [2.24, 2.45) is 5.92 Å². The molecule has 4 aromatic rings. The molecule has 1 N–H and O–H groups in total. The lowest BCUT2D eigenvalue weighted by molar-refractivity contribution is -0.125. The normalized spacial score (nSPS) is 16.4. The van der Waals surface area contributed by atoms with Crippen LogP contribution in [0.1, 0.15) is 24.1 Å². The Hall–Kier alpha value is -2.90. The van der Waals surface area contributed by atoms with Gasteiger partial charge in [0.15, 0.2) is 10.8 Å². The molecule has 5 rings (SSSR count). The zero-order valence-electron chi connectivity index (χ0n) is 17.8. The highest BCUT2D eigenvalue weighted by atomic mass is 35.5. The number of halogens is 1. The van der Waals surface area contributed by atoms with E-state index in [4.69, 9.17) is 16.6 Å². The van der Waals surface area contributed by atoms with Gasteiger partial charge in [-0.2, -0.15) is 10.1 Å². The van der Waals surface area contributed by atoms with Crippen molar-refractivity contribution in [2.75, 3.05) is 18.0 Å². The van der Waals surface area contributed by atoms with Crippen LogP contribution in [0.2, 0.25) is 5.02 Å². The second-order valence-corrected chi connectivity index (χ2v) is 9.46. The Balaban J connectivity index is 1.32. The zero-order valence-corrected chi connectivity index (χ0v) is 19.4. The molecule has 0 spiro atoms. The Morgan fingerprint density at radius 3 is 2.78 bits per heavy atom. The second-order valence-electron chi connectivity index (χ2n) is 8.08. The molecule has 164 valence electrons. The van der Waals surface area contributed by atoms with E-state index in [0.29, 0.717) is 18.1 Å². The number of carbonyl (C=O) groups is 1. The summed E-state index contributed by atoms with van der Waals surface area (Å²) in [5, 5.41) is 9.37. The minimum atomic E-state index is -0.0648. The summed E-state index contributed by atoms with van der Waals surface area (Å²) in [6.45, 7) is 4.04. The lowest BCUT2D eigenvalue weighted by atomic mass is 9.97. The number of piperidine rings is 1. The molecule has 1 fully saturated rings. The van der Waals surface area contributed by atoms with Crippen LogP contribution in [0.4, 0.5) is 5.13 Å². The summed E-state index contributed by atoms with van der Waals surface area (Å²) in [6.07, 6.45) is 1.84. The summed E-state index contributed by atoms with van der Waals surface area (Å²) in [6, 6.07) is 17.7. The summed E-state index contributed by atoms with van der Waals surface area (Å²) in [7, 11) is 0. The van der Waals surface area contributed by atoms with Crippen molar-refractivity contribution in [3.05, 3.63) is 70.9 Å². The third kappa shape index (κ3) is 4.10. The number of para-hydroxylation sites is 1. The maximum atomic E-state index is 12.9. The van der Waals surface area contributed by atoms with Gasteiger partial charge in [0.25, 0.3) is 0 Å². The molecule has 0 radical (unpaired) electrons. The van der Waals surface area contributed by atoms with E-state index in [1.54, 1.807) is 11.3 Å². The number of aryl methyl sites for hydroxylation is 1. The molecule has 3 heterocycles. The highest BCUT2D eigenvalue weighted by molar-refractivity contribution is 7.22. The van der Waals surface area contributed by atoms with Crippen molar-refractivity contribution < 1.29 is 4.79 Å². The fourth-order valence-corrected chi connectivity index (χ4v) is 5.36. The van der Waals surface area contributed by atoms with Gasteiger partial charge in [-0.25, -0.2) is 4.68 Å². The largest absolute Gasteiger partial charge is 0.352 e. The van der Waals surface area contributed by atoms with Gasteiger partial charge < -0.3 is 10.2 Å². The smallest absolute Gasteiger partial charge is 0.225 e. The molecule has 2 aromatic heterocycles. The number of rotatable bonds is 5. The van der Waals surface area contributed by atoms with Crippen molar-refractivity contribution >= 4 is 44.3 Å². The van der Waals surface area contributed by atoms with Crippen molar-refractivity contribution in [1.29, 1.82) is 0 Å². The third-order valence-corrected chi connectivity index (χ3v) is 7.43. The molecular formula is C24H24ClN5OS. The topological polar surface area (TPSA) is 63.1 Å². The molecular weight excluding hydrogens is 442 g/mol. The lowest BCUT2D eigenvalue weighted by Gasteiger charge is -2.31. The molecule has 8 heteroatoms. The summed E-state index contributed by atoms with van der Waals surface area (Å²) in [5.41, 5.74) is 3.78. The number of fused-ring (bicyclic) bond motifs is 1. The van der Waals surface area contributed by atoms with Crippen LogP contribution < -0.4 is 10.2 Å². The molecule has 0 bridgehead atoms. The van der Waals surface area contributed by atoms with E-state index in [1.807, 2.05) is 66.2 Å². The number of anilines is 1. The van der Waals surface area contributed by atoms with Gasteiger partial charge in [0, 0.05) is 24.7 Å². The first-order valence-electron chi connectivity index (χ1n) is 10.8. The third-order valence-electron chi connectivity index (χ3n) is 5.85. The van der Waals surface area contributed by atoms with E-state index >= 15 is 0 Å². The predicted octanol–water partition coefficient (Wildman–Crippen LogP) is 4.98. The Morgan fingerprint density at radius 1 is 1.19 bits per heavy atom. The van der Waals surface area contributed by atoms with Gasteiger partial charge >= 0.3 is 0 Å². The minimum Gasteiger partial charge on any atom is -0.352 e. The van der Waals surface area contributed by atoms with E-state index in [0.717, 1.165) is 51.8 Å². The van der Waals surface area contributed by atoms with Crippen molar-refractivity contribution in [2.45, 2.75) is 26.3 Å². The first-order chi connectivity index (χ1) is 15.6. The lowest BCUT2D eigenvalue weighted by Crippen LogP contribution is -2.43. The van der Waals surface area contributed by atoms with Crippen LogP contribution in [-0.2, 0) is 11.3 Å². The fourth-order valence-electron chi connectivity index (χ4n) is 4.14. The van der Waals surface area contributed by atoms with E-state index < -0.39 is 0 Å². The molecule has 1 amide bonds. The molecule has 0 aliphatic carbocycles. The van der Waals surface area contributed by atoms with Gasteiger partial charge in [0.05, 0.1) is 22.0 Å². The molecule has 1 aliphatic rings. The number of carbonyl (C=O) groups excluding carboxylic acids is 1. The van der Waals surface area contributed by atoms with E-state index in [2.05, 4.69) is 15.3 Å². The number of nitrogens with zero attached hydrogens (tertiary/aromatic N) is 4. The van der Waals surface area contributed by atoms with Gasteiger partial charge in [0.1, 0.15) is 0 Å². The molecule has 1 atom stereocenters. The maximum Gasteiger partial charge on any atom is 0.225 e. The first-order valence-corrected chi connectivity index (χ1v) is 12.0. The van der Waals surface area contributed by atoms with Crippen LogP contribution in [0.25, 0.3) is 16.0 Å². The van der Waals surface area contributed by atoms with Crippen molar-refractivity contribution in [3.8, 4) is 5.69 Å². The number of benzene rings is 2. The standard InChI is InChI=1S/C24H24ClN5OS/c1-16-21-22(30(28-16)19-10-3-2-4-11-19)27-24(32-21)29-13-7-9-18(15-29)23(31)26-14-17-8-5-6-12-20(17)25/h2-6,8,10-12,18H,7,9,13-15H2,1H3,(H,26,31)/t18-/m0/s1. The van der Waals surface area contributed by atoms with Crippen molar-refractivity contribution in [1.82, 2.24) is 20.1 Å². The average Bonchev–Trinajstić information content (AvgIpc) is 3.40. The molecule has 6 nitrogen and oxygen atoms in total. The number of aromatic nitrogens is 3. The number of nitrogens with one attached hydrogen (secondary N) is 1. The van der Waals surface area contributed by atoms with Crippen LogP contribution in [0.5, 0.6) is 0 Å². The number of amides is 1. The number of thiazole rings is 1. The molecule has 1 saturated heterocycles. The monoisotopic (exact) mass is 465 g/mol. The van der Waals surface area contributed by atoms with Gasteiger partial charge in [0.2, 0.25) is 5.91 Å². The minimum absolute atomic E-state index is 0.0648. The second kappa shape index (κ2) is 8.92. The summed E-state index contributed by atoms with van der Waals surface area (Å²) >= 11 is 7.88. The van der Waals surface area contributed by atoms with Gasteiger partial charge in [-0.1, -0.05) is 59.3 Å². The number of hydrogen-bond acceptors (Lipinski definition) is 5. The number of hydrogen-bond donors (Lipinski definition) is 1. The van der Waals surface area contributed by atoms with Crippen molar-refractivity contribution in [3.63, 3.8) is 0 Å². The highest BCUT2D eigenvalue weighted by Crippen LogP contribution is 2.34. The maximum absolute atomic E-state index is 12.9. The van der Waals surface area contributed by atoms with Crippen LogP contribution in [0, 0.1) is 12.8 Å². The molecule has 0 saturated carbocycles. The molecule has 1 aliphatic heterocycles. The SMILES string of the molecule is Cc1nn(-c2ccccc2)c2nc(N3CCC[C@H](C(=O)NCc4ccccc4Cl)C3)sc12. The van der Waals surface area contributed by atoms with Gasteiger partial charge in [-0.05, 0) is 43.5 Å². The quantitative estimate of drug-likeness (QED) is 0.451. The van der Waals surface area contributed by atoms with Crippen LogP contribution in [0.15, 0.2) is 54.6 Å². The summed E-state index contributed by atoms with van der Waals surface area (Å²) in [4.78, 5) is 20.0. The van der Waals surface area contributed by atoms with Crippen LogP contribution in [0.3, 0.4) is 0 Å². The van der Waals surface area contributed by atoms with Crippen LogP contribution in [-0.4, -0.2) is 33.8 Å². The van der Waals surface area contributed by atoms with E-state index in [-0.39, 0.29) is 11.8 Å². The first kappa shape index (κ1) is 21.0. The molecule has 0 unspecified atom stereocenters. The van der Waals surface area contributed by atoms with E-state index in [9.17, 15) is 4.79 Å².